The van der Waals surface area contributed by atoms with Gasteiger partial charge in [-0.25, -0.2) is 0 Å². The Bertz CT molecular complexity index is 590. The molecular weight excluding hydrogens is 238 g/mol. The predicted octanol–water partition coefficient (Wildman–Crippen LogP) is 2.33. The van der Waals surface area contributed by atoms with E-state index in [1.54, 1.807) is 0 Å². The van der Waals surface area contributed by atoms with Gasteiger partial charge in [0, 0.05) is 12.5 Å². The second kappa shape index (κ2) is 5.34. The molecule has 0 saturated heterocycles. The van der Waals surface area contributed by atoms with Gasteiger partial charge < -0.3 is 10.2 Å². The highest BCUT2D eigenvalue weighted by atomic mass is 35.5. The third-order valence-corrected chi connectivity index (χ3v) is 2.60. The van der Waals surface area contributed by atoms with E-state index >= 15 is 0 Å². The Balaban J connectivity index is 0.00000144. The van der Waals surface area contributed by atoms with Gasteiger partial charge in [0.15, 0.2) is 5.43 Å². The number of aryl methyl sites for hydroxylation is 2. The topological polar surface area (TPSA) is 56.2 Å². The van der Waals surface area contributed by atoms with Crippen LogP contribution in [0.5, 0.6) is 0 Å². The van der Waals surface area contributed by atoms with E-state index < -0.39 is 0 Å². The zero-order chi connectivity index (χ0) is 11.7. The van der Waals surface area contributed by atoms with Crippen molar-refractivity contribution in [3.05, 3.63) is 45.3 Å². The van der Waals surface area contributed by atoms with Crippen LogP contribution >= 0.6 is 12.4 Å². The first-order chi connectivity index (χ1) is 7.61. The molecule has 2 aromatic rings. The quantitative estimate of drug-likeness (QED) is 0.894. The van der Waals surface area contributed by atoms with Crippen LogP contribution in [0.3, 0.4) is 0 Å². The van der Waals surface area contributed by atoms with Crippen molar-refractivity contribution in [1.82, 2.24) is 0 Å². The van der Waals surface area contributed by atoms with Crippen LogP contribution in [0, 0.1) is 13.8 Å². The van der Waals surface area contributed by atoms with Gasteiger partial charge in [0.2, 0.25) is 0 Å². The summed E-state index contributed by atoms with van der Waals surface area (Å²) in [4.78, 5) is 11.9. The fourth-order valence-corrected chi connectivity index (χ4v) is 1.92. The van der Waals surface area contributed by atoms with Gasteiger partial charge in [-0.15, -0.1) is 12.4 Å². The second-order valence-electron chi connectivity index (χ2n) is 4.07. The minimum atomic E-state index is 0. The molecule has 17 heavy (non-hydrogen) atoms. The van der Waals surface area contributed by atoms with Crippen molar-refractivity contribution in [2.45, 2.75) is 20.3 Å². The molecule has 1 aromatic carbocycles. The molecule has 0 aliphatic rings. The van der Waals surface area contributed by atoms with Gasteiger partial charge in [0.1, 0.15) is 11.3 Å². The van der Waals surface area contributed by atoms with Gasteiger partial charge in [-0.05, 0) is 37.6 Å². The van der Waals surface area contributed by atoms with Crippen LogP contribution in [0.25, 0.3) is 11.0 Å². The Morgan fingerprint density at radius 1 is 1.24 bits per heavy atom. The summed E-state index contributed by atoms with van der Waals surface area (Å²) in [7, 11) is 0. The molecule has 4 heteroatoms. The van der Waals surface area contributed by atoms with E-state index in [1.807, 2.05) is 26.0 Å². The van der Waals surface area contributed by atoms with Gasteiger partial charge in [0.25, 0.3) is 0 Å². The maximum absolute atomic E-state index is 11.9. The smallest absolute Gasteiger partial charge is 0.192 e. The summed E-state index contributed by atoms with van der Waals surface area (Å²) in [5.74, 6) is 0.659. The third kappa shape index (κ3) is 2.68. The Labute approximate surface area is 106 Å². The number of nitrogens with two attached hydrogens (primary N) is 1. The first-order valence-corrected chi connectivity index (χ1v) is 5.36. The van der Waals surface area contributed by atoms with Crippen LogP contribution in [0.15, 0.2) is 27.4 Å². The molecule has 92 valence electrons. The molecule has 0 saturated carbocycles. The number of benzene rings is 1. The SMILES string of the molecule is Cc1cc(C)c2oc(CCN)cc(=O)c2c1.Cl. The van der Waals surface area contributed by atoms with Gasteiger partial charge >= 0.3 is 0 Å². The molecule has 2 N–H and O–H groups in total. The van der Waals surface area contributed by atoms with Crippen LogP contribution in [0.4, 0.5) is 0 Å². The maximum atomic E-state index is 11.9. The molecular formula is C13H16ClNO2. The first kappa shape index (κ1) is 13.7. The largest absolute Gasteiger partial charge is 0.460 e. The standard InChI is InChI=1S/C13H15NO2.ClH/c1-8-5-9(2)13-11(6-8)12(15)7-10(16-13)3-4-14;/h5-7H,3-4,14H2,1-2H3;1H. The van der Waals surface area contributed by atoms with Crippen molar-refractivity contribution in [2.24, 2.45) is 5.73 Å². The third-order valence-electron chi connectivity index (χ3n) is 2.60. The Hall–Kier alpha value is -1.32. The molecule has 3 nitrogen and oxygen atoms in total. The van der Waals surface area contributed by atoms with E-state index in [0.29, 0.717) is 29.7 Å². The molecule has 2 rings (SSSR count). The number of rotatable bonds is 2. The van der Waals surface area contributed by atoms with Gasteiger partial charge in [0.05, 0.1) is 5.39 Å². The zero-order valence-electron chi connectivity index (χ0n) is 9.95. The molecule has 1 heterocycles. The van der Waals surface area contributed by atoms with E-state index in [4.69, 9.17) is 10.2 Å². The fraction of sp³-hybridized carbons (Fsp3) is 0.308. The van der Waals surface area contributed by atoms with Crippen LogP contribution in [0.2, 0.25) is 0 Å². The molecule has 0 unspecified atom stereocenters. The highest BCUT2D eigenvalue weighted by Crippen LogP contribution is 2.19. The van der Waals surface area contributed by atoms with E-state index in [0.717, 1.165) is 11.1 Å². The molecule has 0 bridgehead atoms. The van der Waals surface area contributed by atoms with Crippen molar-refractivity contribution >= 4 is 23.4 Å². The molecule has 0 radical (unpaired) electrons. The van der Waals surface area contributed by atoms with Crippen LogP contribution in [0.1, 0.15) is 16.9 Å². The van der Waals surface area contributed by atoms with E-state index in [2.05, 4.69) is 0 Å². The molecule has 0 atom stereocenters. The predicted molar refractivity (Wildman–Crippen MR) is 72.0 cm³/mol. The molecule has 0 amide bonds. The van der Waals surface area contributed by atoms with Crippen LogP contribution in [-0.4, -0.2) is 6.54 Å². The molecule has 0 aliphatic carbocycles. The highest BCUT2D eigenvalue weighted by molar-refractivity contribution is 5.85. The minimum Gasteiger partial charge on any atom is -0.460 e. The molecule has 1 aromatic heterocycles. The summed E-state index contributed by atoms with van der Waals surface area (Å²) in [6, 6.07) is 5.41. The number of hydrogen-bond acceptors (Lipinski definition) is 3. The van der Waals surface area contributed by atoms with Crippen molar-refractivity contribution in [2.75, 3.05) is 6.54 Å². The lowest BCUT2D eigenvalue weighted by Gasteiger charge is -2.05. The van der Waals surface area contributed by atoms with Crippen molar-refractivity contribution in [3.63, 3.8) is 0 Å². The van der Waals surface area contributed by atoms with Gasteiger partial charge in [-0.1, -0.05) is 6.07 Å². The van der Waals surface area contributed by atoms with E-state index in [1.165, 1.54) is 6.07 Å². The summed E-state index contributed by atoms with van der Waals surface area (Å²) in [5, 5.41) is 0.651. The Morgan fingerprint density at radius 2 is 1.94 bits per heavy atom. The summed E-state index contributed by atoms with van der Waals surface area (Å²) >= 11 is 0. The molecule has 0 spiro atoms. The van der Waals surface area contributed by atoms with Crippen LogP contribution < -0.4 is 11.2 Å². The average molecular weight is 254 g/mol. The lowest BCUT2D eigenvalue weighted by molar-refractivity contribution is 0.535. The second-order valence-corrected chi connectivity index (χ2v) is 4.07. The monoisotopic (exact) mass is 253 g/mol. The van der Waals surface area contributed by atoms with Gasteiger partial charge in [-0.2, -0.15) is 0 Å². The van der Waals surface area contributed by atoms with Gasteiger partial charge in [-0.3, -0.25) is 4.79 Å². The lowest BCUT2D eigenvalue weighted by Crippen LogP contribution is -2.08. The first-order valence-electron chi connectivity index (χ1n) is 5.36. The fourth-order valence-electron chi connectivity index (χ4n) is 1.92. The van der Waals surface area contributed by atoms with Crippen molar-refractivity contribution in [1.29, 1.82) is 0 Å². The van der Waals surface area contributed by atoms with Crippen molar-refractivity contribution < 1.29 is 4.42 Å². The number of hydrogen-bond donors (Lipinski definition) is 1. The normalized spacial score (nSPS) is 10.3. The van der Waals surface area contributed by atoms with Crippen LogP contribution in [-0.2, 0) is 6.42 Å². The summed E-state index contributed by atoms with van der Waals surface area (Å²) in [6.45, 7) is 4.41. The van der Waals surface area contributed by atoms with E-state index in [9.17, 15) is 4.79 Å². The minimum absolute atomic E-state index is 0. The number of fused-ring (bicyclic) bond motifs is 1. The Kier molecular flexibility index (Phi) is 4.32. The highest BCUT2D eigenvalue weighted by Gasteiger charge is 2.07. The Morgan fingerprint density at radius 3 is 2.59 bits per heavy atom. The average Bonchev–Trinajstić information content (AvgIpc) is 2.20. The lowest BCUT2D eigenvalue weighted by atomic mass is 10.1. The summed E-state index contributed by atoms with van der Waals surface area (Å²) < 4.78 is 5.69. The maximum Gasteiger partial charge on any atom is 0.192 e. The molecule has 0 fully saturated rings. The zero-order valence-corrected chi connectivity index (χ0v) is 10.8. The number of halogens is 1. The summed E-state index contributed by atoms with van der Waals surface area (Å²) in [6.07, 6.45) is 0.596. The van der Waals surface area contributed by atoms with Crippen molar-refractivity contribution in [3.8, 4) is 0 Å². The molecule has 0 aliphatic heterocycles. The van der Waals surface area contributed by atoms with E-state index in [-0.39, 0.29) is 17.8 Å². The summed E-state index contributed by atoms with van der Waals surface area (Å²) in [5.41, 5.74) is 8.21.